The van der Waals surface area contributed by atoms with E-state index in [2.05, 4.69) is 14.9 Å². The smallest absolute Gasteiger partial charge is 0.228 e. The van der Waals surface area contributed by atoms with Gasteiger partial charge in [-0.1, -0.05) is 11.6 Å². The Labute approximate surface area is 121 Å². The molecular formula is C14H14ClN3O2. The van der Waals surface area contributed by atoms with Gasteiger partial charge >= 0.3 is 0 Å². The Kier molecular flexibility index (Phi) is 3.36. The minimum absolute atomic E-state index is 0.00404. The average molecular weight is 292 g/mol. The monoisotopic (exact) mass is 291 g/mol. The van der Waals surface area contributed by atoms with Gasteiger partial charge in [0.1, 0.15) is 11.6 Å². The summed E-state index contributed by atoms with van der Waals surface area (Å²) in [6.07, 6.45) is 5.13. The number of halogens is 1. The number of benzene rings is 1. The molecule has 2 heterocycles. The summed E-state index contributed by atoms with van der Waals surface area (Å²) in [5.41, 5.74) is 0.590. The molecular weight excluding hydrogens is 278 g/mol. The van der Waals surface area contributed by atoms with Crippen LogP contribution in [-0.2, 0) is 17.8 Å². The standard InChI is InChI=1S/C14H14ClN3O2/c15-11-8-10(1-2-12(11)19)17-14(20)9-3-5-18-6-4-16-13(18)7-9/h1-2,4,6,8-9,19H,3,5,7H2,(H,17,20). The van der Waals surface area contributed by atoms with E-state index in [9.17, 15) is 9.90 Å². The molecule has 3 rings (SSSR count). The van der Waals surface area contributed by atoms with Crippen LogP contribution < -0.4 is 5.32 Å². The number of phenols is 1. The van der Waals surface area contributed by atoms with Crippen LogP contribution in [0.5, 0.6) is 5.75 Å². The van der Waals surface area contributed by atoms with Gasteiger partial charge < -0.3 is 15.0 Å². The highest BCUT2D eigenvalue weighted by Crippen LogP contribution is 2.27. The van der Waals surface area contributed by atoms with Crippen molar-refractivity contribution in [2.75, 3.05) is 5.32 Å². The van der Waals surface area contributed by atoms with Crippen molar-refractivity contribution in [3.8, 4) is 5.75 Å². The number of hydrogen-bond acceptors (Lipinski definition) is 3. The van der Waals surface area contributed by atoms with Gasteiger partial charge in [0, 0.05) is 37.0 Å². The van der Waals surface area contributed by atoms with E-state index in [4.69, 9.17) is 11.6 Å². The second-order valence-electron chi connectivity index (χ2n) is 4.88. The third-order valence-corrected chi connectivity index (χ3v) is 3.84. The number of aromatic hydroxyl groups is 1. The van der Waals surface area contributed by atoms with E-state index >= 15 is 0 Å². The number of carbonyl (C=O) groups excluding carboxylic acids is 1. The van der Waals surface area contributed by atoms with Crippen molar-refractivity contribution < 1.29 is 9.90 Å². The molecule has 0 fully saturated rings. The molecule has 1 aliphatic heterocycles. The zero-order valence-corrected chi connectivity index (χ0v) is 11.5. The molecule has 6 heteroatoms. The molecule has 1 aliphatic rings. The average Bonchev–Trinajstić information content (AvgIpc) is 2.90. The first-order valence-corrected chi connectivity index (χ1v) is 6.80. The topological polar surface area (TPSA) is 67.2 Å². The zero-order valence-electron chi connectivity index (χ0n) is 10.7. The highest BCUT2D eigenvalue weighted by Gasteiger charge is 2.25. The fourth-order valence-corrected chi connectivity index (χ4v) is 2.58. The largest absolute Gasteiger partial charge is 0.506 e. The summed E-state index contributed by atoms with van der Waals surface area (Å²) in [7, 11) is 0. The van der Waals surface area contributed by atoms with Crippen molar-refractivity contribution in [3.63, 3.8) is 0 Å². The van der Waals surface area contributed by atoms with Gasteiger partial charge in [0.25, 0.3) is 0 Å². The molecule has 1 aromatic heterocycles. The molecule has 1 amide bonds. The molecule has 1 aromatic carbocycles. The van der Waals surface area contributed by atoms with Gasteiger partial charge in [-0.3, -0.25) is 4.79 Å². The predicted octanol–water partition coefficient (Wildman–Crippen LogP) is 2.44. The van der Waals surface area contributed by atoms with Crippen LogP contribution in [0.1, 0.15) is 12.2 Å². The minimum atomic E-state index is -0.0857. The Morgan fingerprint density at radius 3 is 3.15 bits per heavy atom. The number of nitrogens with zero attached hydrogens (tertiary/aromatic N) is 2. The van der Waals surface area contributed by atoms with Crippen LogP contribution in [-0.4, -0.2) is 20.6 Å². The molecule has 0 radical (unpaired) electrons. The fourth-order valence-electron chi connectivity index (χ4n) is 2.40. The summed E-state index contributed by atoms with van der Waals surface area (Å²) in [6.45, 7) is 0.809. The first-order chi connectivity index (χ1) is 9.63. The number of phenolic OH excluding ortho intramolecular Hbond substituents is 1. The second kappa shape index (κ2) is 5.17. The highest BCUT2D eigenvalue weighted by atomic mass is 35.5. The number of hydrogen-bond donors (Lipinski definition) is 2. The number of nitrogens with one attached hydrogen (secondary N) is 1. The molecule has 1 atom stereocenters. The van der Waals surface area contributed by atoms with E-state index in [1.54, 1.807) is 18.3 Å². The Morgan fingerprint density at radius 2 is 2.35 bits per heavy atom. The van der Waals surface area contributed by atoms with Gasteiger partial charge in [0.05, 0.1) is 5.02 Å². The van der Waals surface area contributed by atoms with Crippen molar-refractivity contribution >= 4 is 23.2 Å². The van der Waals surface area contributed by atoms with Crippen molar-refractivity contribution in [1.29, 1.82) is 0 Å². The maximum Gasteiger partial charge on any atom is 0.228 e. The lowest BCUT2D eigenvalue weighted by atomic mass is 9.97. The second-order valence-corrected chi connectivity index (χ2v) is 5.29. The number of rotatable bonds is 2. The van der Waals surface area contributed by atoms with E-state index in [-0.39, 0.29) is 22.6 Å². The van der Waals surface area contributed by atoms with Gasteiger partial charge in [0.2, 0.25) is 5.91 Å². The Bertz CT molecular complexity index is 654. The molecule has 2 N–H and O–H groups in total. The third-order valence-electron chi connectivity index (χ3n) is 3.54. The summed E-state index contributed by atoms with van der Waals surface area (Å²) < 4.78 is 2.07. The number of fused-ring (bicyclic) bond motifs is 1. The summed E-state index contributed by atoms with van der Waals surface area (Å²) in [5.74, 6) is 0.822. The molecule has 0 aliphatic carbocycles. The van der Waals surface area contributed by atoms with Crippen LogP contribution in [0, 0.1) is 5.92 Å². The zero-order chi connectivity index (χ0) is 14.1. The lowest BCUT2D eigenvalue weighted by Gasteiger charge is -2.22. The number of aryl methyl sites for hydroxylation is 1. The van der Waals surface area contributed by atoms with E-state index in [0.717, 1.165) is 18.8 Å². The molecule has 0 saturated heterocycles. The van der Waals surface area contributed by atoms with Crippen LogP contribution in [0.3, 0.4) is 0 Å². The van der Waals surface area contributed by atoms with Gasteiger partial charge in [0.15, 0.2) is 0 Å². The Balaban J connectivity index is 1.69. The van der Waals surface area contributed by atoms with Crippen molar-refractivity contribution in [3.05, 3.63) is 41.4 Å². The van der Waals surface area contributed by atoms with Crippen molar-refractivity contribution in [1.82, 2.24) is 9.55 Å². The van der Waals surface area contributed by atoms with Crippen molar-refractivity contribution in [2.24, 2.45) is 5.92 Å². The maximum absolute atomic E-state index is 12.2. The number of carbonyl (C=O) groups is 1. The third kappa shape index (κ3) is 2.49. The summed E-state index contributed by atoms with van der Waals surface area (Å²) in [4.78, 5) is 16.5. The molecule has 1 unspecified atom stereocenters. The summed E-state index contributed by atoms with van der Waals surface area (Å²) in [6, 6.07) is 4.63. The Morgan fingerprint density at radius 1 is 1.50 bits per heavy atom. The molecule has 0 spiro atoms. The predicted molar refractivity (Wildman–Crippen MR) is 75.8 cm³/mol. The van der Waals surface area contributed by atoms with E-state index < -0.39 is 0 Å². The highest BCUT2D eigenvalue weighted by molar-refractivity contribution is 6.32. The quantitative estimate of drug-likeness (QED) is 0.835. The van der Waals surface area contributed by atoms with Gasteiger partial charge in [-0.2, -0.15) is 0 Å². The Hall–Kier alpha value is -2.01. The number of imidazole rings is 1. The molecule has 0 saturated carbocycles. The molecule has 104 valence electrons. The van der Waals surface area contributed by atoms with E-state index in [1.165, 1.54) is 6.07 Å². The van der Waals surface area contributed by atoms with Gasteiger partial charge in [-0.15, -0.1) is 0 Å². The van der Waals surface area contributed by atoms with Crippen LogP contribution in [0.25, 0.3) is 0 Å². The lowest BCUT2D eigenvalue weighted by Crippen LogP contribution is -2.30. The van der Waals surface area contributed by atoms with Crippen LogP contribution in [0.2, 0.25) is 5.02 Å². The normalized spacial score (nSPS) is 17.6. The van der Waals surface area contributed by atoms with E-state index in [0.29, 0.717) is 12.1 Å². The number of aromatic nitrogens is 2. The first kappa shape index (κ1) is 13.0. The van der Waals surface area contributed by atoms with E-state index in [1.807, 2.05) is 6.20 Å². The van der Waals surface area contributed by atoms with Crippen LogP contribution >= 0.6 is 11.6 Å². The minimum Gasteiger partial charge on any atom is -0.506 e. The molecule has 2 aromatic rings. The van der Waals surface area contributed by atoms with Crippen molar-refractivity contribution in [2.45, 2.75) is 19.4 Å². The number of amides is 1. The molecule has 0 bridgehead atoms. The first-order valence-electron chi connectivity index (χ1n) is 6.43. The number of anilines is 1. The SMILES string of the molecule is O=C(Nc1ccc(O)c(Cl)c1)C1CCn2ccnc2C1. The fraction of sp³-hybridized carbons (Fsp3) is 0.286. The summed E-state index contributed by atoms with van der Waals surface area (Å²) >= 11 is 5.82. The lowest BCUT2D eigenvalue weighted by molar-refractivity contribution is -0.120. The van der Waals surface area contributed by atoms with Gasteiger partial charge in [-0.25, -0.2) is 4.98 Å². The van der Waals surface area contributed by atoms with Crippen LogP contribution in [0.15, 0.2) is 30.6 Å². The molecule has 5 nitrogen and oxygen atoms in total. The maximum atomic E-state index is 12.2. The summed E-state index contributed by atoms with van der Waals surface area (Å²) in [5, 5.41) is 12.4. The molecule has 20 heavy (non-hydrogen) atoms. The van der Waals surface area contributed by atoms with Crippen LogP contribution in [0.4, 0.5) is 5.69 Å². The van der Waals surface area contributed by atoms with Gasteiger partial charge in [-0.05, 0) is 24.6 Å².